The van der Waals surface area contributed by atoms with Gasteiger partial charge in [0.05, 0.1) is 23.5 Å². The van der Waals surface area contributed by atoms with Gasteiger partial charge in [-0.05, 0) is 30.4 Å². The first kappa shape index (κ1) is 18.6. The number of benzene rings is 1. The van der Waals surface area contributed by atoms with Crippen molar-refractivity contribution in [1.82, 2.24) is 9.88 Å². The fourth-order valence-electron chi connectivity index (χ4n) is 3.36. The van der Waals surface area contributed by atoms with Crippen molar-refractivity contribution < 1.29 is 14.4 Å². The highest BCUT2D eigenvalue weighted by Gasteiger charge is 2.34. The first-order chi connectivity index (χ1) is 13.0. The average Bonchev–Trinajstić information content (AvgIpc) is 2.68. The molecule has 3 rings (SSSR count). The molecule has 3 N–H and O–H groups in total. The fourth-order valence-corrected chi connectivity index (χ4v) is 3.36. The molecule has 0 unspecified atom stereocenters. The van der Waals surface area contributed by atoms with E-state index in [9.17, 15) is 14.4 Å². The van der Waals surface area contributed by atoms with Crippen LogP contribution >= 0.6 is 0 Å². The minimum Gasteiger partial charge on any atom is -0.366 e. The normalized spacial score (nSPS) is 19.4. The number of rotatable bonds is 3. The predicted molar refractivity (Wildman–Crippen MR) is 101 cm³/mol. The Balaban J connectivity index is 1.78. The van der Waals surface area contributed by atoms with Crippen molar-refractivity contribution in [2.75, 3.05) is 11.9 Å². The Bertz CT molecular complexity index is 853. The Morgan fingerprint density at radius 3 is 2.59 bits per heavy atom. The average molecular weight is 366 g/mol. The molecule has 1 fully saturated rings. The smallest absolute Gasteiger partial charge is 0.313 e. The summed E-state index contributed by atoms with van der Waals surface area (Å²) in [5.74, 6) is -1.69. The van der Waals surface area contributed by atoms with Gasteiger partial charge in [0.25, 0.3) is 0 Å². The van der Waals surface area contributed by atoms with Crippen molar-refractivity contribution >= 4 is 23.4 Å². The molecule has 2 atom stereocenters. The summed E-state index contributed by atoms with van der Waals surface area (Å²) in [6.07, 6.45) is 4.47. The molecule has 0 saturated carbocycles. The van der Waals surface area contributed by atoms with Gasteiger partial charge in [-0.3, -0.25) is 19.4 Å². The van der Waals surface area contributed by atoms with Gasteiger partial charge in [0, 0.05) is 12.7 Å². The van der Waals surface area contributed by atoms with E-state index in [2.05, 4.69) is 17.2 Å². The van der Waals surface area contributed by atoms with Gasteiger partial charge >= 0.3 is 11.8 Å². The van der Waals surface area contributed by atoms with Gasteiger partial charge in [-0.25, -0.2) is 0 Å². The molecule has 7 nitrogen and oxygen atoms in total. The fraction of sp³-hybridized carbons (Fsp3) is 0.300. The van der Waals surface area contributed by atoms with Crippen molar-refractivity contribution in [3.8, 4) is 0 Å². The Morgan fingerprint density at radius 2 is 1.89 bits per heavy atom. The Morgan fingerprint density at radius 1 is 1.15 bits per heavy atom. The predicted octanol–water partition coefficient (Wildman–Crippen LogP) is 2.12. The molecule has 0 aliphatic carbocycles. The van der Waals surface area contributed by atoms with Gasteiger partial charge in [-0.15, -0.1) is 0 Å². The summed E-state index contributed by atoms with van der Waals surface area (Å²) in [5.41, 5.74) is 6.65. The number of nitrogens with zero attached hydrogens (tertiary/aromatic N) is 2. The summed E-state index contributed by atoms with van der Waals surface area (Å²) < 4.78 is 0. The molecule has 1 aliphatic rings. The third-order valence-electron chi connectivity index (χ3n) is 4.74. The second-order valence-corrected chi connectivity index (χ2v) is 6.85. The maximum Gasteiger partial charge on any atom is 0.313 e. The van der Waals surface area contributed by atoms with Crippen LogP contribution in [0.15, 0.2) is 48.8 Å². The number of hydrogen-bond acceptors (Lipinski definition) is 4. The van der Waals surface area contributed by atoms with Crippen molar-refractivity contribution in [2.45, 2.75) is 25.8 Å². The van der Waals surface area contributed by atoms with Crippen molar-refractivity contribution in [2.24, 2.45) is 11.7 Å². The van der Waals surface area contributed by atoms with Crippen LogP contribution in [0, 0.1) is 5.92 Å². The topological polar surface area (TPSA) is 105 Å². The zero-order valence-electron chi connectivity index (χ0n) is 15.1. The lowest BCUT2D eigenvalue weighted by molar-refractivity contribution is -0.146. The number of likely N-dealkylation sites (tertiary alicyclic amines) is 1. The lowest BCUT2D eigenvalue weighted by Gasteiger charge is -2.38. The van der Waals surface area contributed by atoms with Crippen LogP contribution in [-0.2, 0) is 9.59 Å². The molecule has 0 spiro atoms. The van der Waals surface area contributed by atoms with Crippen LogP contribution < -0.4 is 11.1 Å². The largest absolute Gasteiger partial charge is 0.366 e. The van der Waals surface area contributed by atoms with Crippen LogP contribution in [0.2, 0.25) is 0 Å². The van der Waals surface area contributed by atoms with Gasteiger partial charge in [0.2, 0.25) is 5.91 Å². The van der Waals surface area contributed by atoms with Crippen LogP contribution in [0.1, 0.15) is 41.7 Å². The van der Waals surface area contributed by atoms with Crippen LogP contribution in [0.5, 0.6) is 0 Å². The molecule has 1 saturated heterocycles. The number of nitrogens with two attached hydrogens (primary N) is 1. The van der Waals surface area contributed by atoms with Crippen molar-refractivity contribution in [3.63, 3.8) is 0 Å². The molecule has 7 heteroatoms. The molecule has 27 heavy (non-hydrogen) atoms. The second kappa shape index (κ2) is 7.99. The molecule has 0 bridgehead atoms. The number of carbonyl (C=O) groups is 3. The molecule has 1 aromatic carbocycles. The molecule has 3 amide bonds. The third-order valence-corrected chi connectivity index (χ3v) is 4.74. The zero-order valence-corrected chi connectivity index (χ0v) is 15.1. The molecule has 0 radical (unpaired) electrons. The first-order valence-corrected chi connectivity index (χ1v) is 8.87. The second-order valence-electron chi connectivity index (χ2n) is 6.85. The van der Waals surface area contributed by atoms with E-state index < -0.39 is 17.7 Å². The summed E-state index contributed by atoms with van der Waals surface area (Å²) in [6, 6.07) is 11.0. The van der Waals surface area contributed by atoms with E-state index >= 15 is 0 Å². The summed E-state index contributed by atoms with van der Waals surface area (Å²) in [7, 11) is 0. The van der Waals surface area contributed by atoms with E-state index in [1.54, 1.807) is 4.90 Å². The maximum absolute atomic E-state index is 12.9. The minimum atomic E-state index is -0.756. The highest BCUT2D eigenvalue weighted by Crippen LogP contribution is 2.33. The molecule has 1 aromatic heterocycles. The third kappa shape index (κ3) is 4.31. The Hall–Kier alpha value is -3.22. The van der Waals surface area contributed by atoms with E-state index in [-0.39, 0.29) is 17.3 Å². The SMILES string of the molecule is C[C@@H]1CC[C@@H](c2ccccc2)N(C(=O)C(=O)Nc2cncc(C(N)=O)c2)C1. The number of aromatic nitrogens is 1. The summed E-state index contributed by atoms with van der Waals surface area (Å²) >= 11 is 0. The van der Waals surface area contributed by atoms with Crippen LogP contribution in [0.3, 0.4) is 0 Å². The van der Waals surface area contributed by atoms with E-state index in [1.165, 1.54) is 18.5 Å². The van der Waals surface area contributed by atoms with Crippen molar-refractivity contribution in [3.05, 3.63) is 59.9 Å². The number of nitrogens with one attached hydrogen (secondary N) is 1. The number of pyridine rings is 1. The highest BCUT2D eigenvalue weighted by molar-refractivity contribution is 6.39. The summed E-state index contributed by atoms with van der Waals surface area (Å²) in [6.45, 7) is 2.59. The number of piperidine rings is 1. The lowest BCUT2D eigenvalue weighted by Crippen LogP contribution is -2.46. The minimum absolute atomic E-state index is 0.129. The van der Waals surface area contributed by atoms with Gasteiger partial charge in [-0.2, -0.15) is 0 Å². The van der Waals surface area contributed by atoms with Gasteiger partial charge < -0.3 is 16.0 Å². The quantitative estimate of drug-likeness (QED) is 0.812. The summed E-state index contributed by atoms with van der Waals surface area (Å²) in [5, 5.41) is 2.52. The van der Waals surface area contributed by atoms with E-state index in [1.807, 2.05) is 30.3 Å². The summed E-state index contributed by atoms with van der Waals surface area (Å²) in [4.78, 5) is 42.1. The maximum atomic E-state index is 12.9. The number of carbonyl (C=O) groups excluding carboxylic acids is 3. The number of anilines is 1. The van der Waals surface area contributed by atoms with Crippen LogP contribution in [0.4, 0.5) is 5.69 Å². The first-order valence-electron chi connectivity index (χ1n) is 8.87. The number of primary amides is 1. The molecule has 1 aliphatic heterocycles. The number of hydrogen-bond donors (Lipinski definition) is 2. The van der Waals surface area contributed by atoms with Gasteiger partial charge in [0.15, 0.2) is 0 Å². The monoisotopic (exact) mass is 366 g/mol. The lowest BCUT2D eigenvalue weighted by atomic mass is 9.90. The zero-order chi connectivity index (χ0) is 19.4. The molecule has 140 valence electrons. The van der Waals surface area contributed by atoms with Gasteiger partial charge in [-0.1, -0.05) is 37.3 Å². The van der Waals surface area contributed by atoms with Crippen LogP contribution in [-0.4, -0.2) is 34.2 Å². The highest BCUT2D eigenvalue weighted by atomic mass is 16.2. The van der Waals surface area contributed by atoms with E-state index in [0.29, 0.717) is 12.5 Å². The van der Waals surface area contributed by atoms with Gasteiger partial charge in [0.1, 0.15) is 0 Å². The molecule has 2 heterocycles. The standard InChI is InChI=1S/C20H22N4O3/c1-13-7-8-17(14-5-3-2-4-6-14)24(12-13)20(27)19(26)23-16-9-15(18(21)25)10-22-11-16/h2-6,9-11,13,17H,7-8,12H2,1H3,(H2,21,25)(H,23,26)/t13-,17+/m1/s1. The van der Waals surface area contributed by atoms with Crippen molar-refractivity contribution in [1.29, 1.82) is 0 Å². The molecular formula is C20H22N4O3. The van der Waals surface area contributed by atoms with Crippen LogP contribution in [0.25, 0.3) is 0 Å². The van der Waals surface area contributed by atoms with E-state index in [4.69, 9.17) is 5.73 Å². The Kier molecular flexibility index (Phi) is 5.49. The van der Waals surface area contributed by atoms with E-state index in [0.717, 1.165) is 18.4 Å². The Labute approximate surface area is 157 Å². The molecule has 2 aromatic rings. The number of amides is 3. The molecular weight excluding hydrogens is 344 g/mol.